The zero-order valence-electron chi connectivity index (χ0n) is 3.49. The van der Waals surface area contributed by atoms with Crippen molar-refractivity contribution in [3.63, 3.8) is 0 Å². The molecule has 0 atom stereocenters. The van der Waals surface area contributed by atoms with Gasteiger partial charge in [-0.25, -0.2) is 0 Å². The Morgan fingerprint density at radius 3 is 2.00 bits per heavy atom. The van der Waals surface area contributed by atoms with E-state index in [4.69, 9.17) is 0 Å². The van der Waals surface area contributed by atoms with Crippen LogP contribution in [0.15, 0.2) is 0 Å². The molecule has 0 aromatic carbocycles. The summed E-state index contributed by atoms with van der Waals surface area (Å²) in [5, 5.41) is 3.16. The van der Waals surface area contributed by atoms with Crippen LogP contribution in [0.5, 0.6) is 0 Å². The first kappa shape index (κ1) is 3.22. The Morgan fingerprint density at radius 1 is 1.60 bits per heavy atom. The molecule has 5 heavy (non-hydrogen) atoms. The van der Waals surface area contributed by atoms with Gasteiger partial charge >= 0.3 is 0 Å². The maximum Gasteiger partial charge on any atom is 0.168 e. The van der Waals surface area contributed by atoms with E-state index in [1.54, 1.807) is 0 Å². The second-order valence-corrected chi connectivity index (χ2v) is 1.76. The van der Waals surface area contributed by atoms with Gasteiger partial charge in [0, 0.05) is 0 Å². The molecule has 0 bridgehead atoms. The molecule has 0 aromatic heterocycles. The average Bonchev–Trinajstić information content (AvgIpc) is 1.30. The molecule has 1 fully saturated rings. The summed E-state index contributed by atoms with van der Waals surface area (Å²) < 4.78 is 0. The lowest BCUT2D eigenvalue weighted by Gasteiger charge is -2.18. The maximum atomic E-state index is 3.16. The summed E-state index contributed by atoms with van der Waals surface area (Å²) in [7, 11) is 0. The van der Waals surface area contributed by atoms with Crippen molar-refractivity contribution in [2.75, 3.05) is 12.9 Å². The predicted molar refractivity (Wildman–Crippen MR) is 24.5 cm³/mol. The number of nitrogens with one attached hydrogen (secondary N) is 1. The van der Waals surface area contributed by atoms with E-state index in [0.717, 1.165) is 6.71 Å². The van der Waals surface area contributed by atoms with Crippen molar-refractivity contribution in [1.82, 2.24) is 5.32 Å². The third-order valence-corrected chi connectivity index (χ3v) is 0.986. The Kier molecular flexibility index (Phi) is 0.654. The third kappa shape index (κ3) is 0.455. The zero-order valence-corrected chi connectivity index (χ0v) is 3.49. The van der Waals surface area contributed by atoms with E-state index in [1.807, 2.05) is 0 Å². The van der Waals surface area contributed by atoms with Gasteiger partial charge in [-0.05, 0) is 12.9 Å². The lowest BCUT2D eigenvalue weighted by atomic mass is 9.47. The molecule has 1 nitrogen and oxygen atoms in total. The first-order valence-electron chi connectivity index (χ1n) is 2.10. The summed E-state index contributed by atoms with van der Waals surface area (Å²) in [6.45, 7) is 3.20. The molecule has 1 aliphatic heterocycles. The van der Waals surface area contributed by atoms with Crippen molar-refractivity contribution in [3.05, 3.63) is 0 Å². The van der Waals surface area contributed by atoms with Gasteiger partial charge < -0.3 is 5.32 Å². The normalized spacial score (nSPS) is 22.2. The standard InChI is InChI=1S/C3H8BN/c1-4-2-5-3-4/h5H,2-3H2,1H3. The molecule has 28 valence electrons. The zero-order chi connectivity index (χ0) is 3.70. The van der Waals surface area contributed by atoms with Crippen LogP contribution in [0.4, 0.5) is 0 Å². The van der Waals surface area contributed by atoms with Gasteiger partial charge in [-0.1, -0.05) is 6.82 Å². The summed E-state index contributed by atoms with van der Waals surface area (Å²) >= 11 is 0. The molecule has 0 aromatic rings. The van der Waals surface area contributed by atoms with Gasteiger partial charge in [-0.15, -0.1) is 0 Å². The Balaban J connectivity index is 2.08. The van der Waals surface area contributed by atoms with Crippen molar-refractivity contribution >= 4 is 6.71 Å². The lowest BCUT2D eigenvalue weighted by molar-refractivity contribution is 0.821. The minimum Gasteiger partial charge on any atom is -0.331 e. The molecular weight excluding hydrogens is 60.9 g/mol. The Labute approximate surface area is 32.8 Å². The van der Waals surface area contributed by atoms with Crippen molar-refractivity contribution in [3.8, 4) is 0 Å². The van der Waals surface area contributed by atoms with Crippen LogP contribution in [0.3, 0.4) is 0 Å². The Hall–Kier alpha value is 0.0249. The fourth-order valence-corrected chi connectivity index (χ4v) is 0.433. The van der Waals surface area contributed by atoms with Gasteiger partial charge in [-0.3, -0.25) is 0 Å². The van der Waals surface area contributed by atoms with Crippen LogP contribution in [-0.2, 0) is 0 Å². The van der Waals surface area contributed by atoms with E-state index in [-0.39, 0.29) is 0 Å². The highest BCUT2D eigenvalue weighted by molar-refractivity contribution is 6.60. The molecule has 0 saturated carbocycles. The number of hydrogen-bond donors (Lipinski definition) is 1. The first-order chi connectivity index (χ1) is 2.39. The Bertz CT molecular complexity index is 33.9. The van der Waals surface area contributed by atoms with E-state index in [0.29, 0.717) is 0 Å². The number of hydrogen-bond acceptors (Lipinski definition) is 1. The Morgan fingerprint density at radius 2 is 2.00 bits per heavy atom. The molecule has 0 spiro atoms. The summed E-state index contributed by atoms with van der Waals surface area (Å²) in [4.78, 5) is 0. The van der Waals surface area contributed by atoms with Crippen LogP contribution < -0.4 is 5.32 Å². The second-order valence-electron chi connectivity index (χ2n) is 1.76. The lowest BCUT2D eigenvalue weighted by Crippen LogP contribution is -2.48. The molecule has 1 aliphatic rings. The minimum absolute atomic E-state index is 0.954. The van der Waals surface area contributed by atoms with Crippen molar-refractivity contribution in [2.24, 2.45) is 0 Å². The van der Waals surface area contributed by atoms with Crippen molar-refractivity contribution < 1.29 is 0 Å². The molecule has 1 N–H and O–H groups in total. The van der Waals surface area contributed by atoms with Gasteiger partial charge in [0.15, 0.2) is 6.71 Å². The summed E-state index contributed by atoms with van der Waals surface area (Å²) in [6.07, 6.45) is 2.47. The van der Waals surface area contributed by atoms with Crippen LogP contribution in [0.25, 0.3) is 0 Å². The van der Waals surface area contributed by atoms with Crippen LogP contribution in [-0.4, -0.2) is 19.6 Å². The van der Waals surface area contributed by atoms with Gasteiger partial charge in [-0.2, -0.15) is 0 Å². The average molecular weight is 68.9 g/mol. The topological polar surface area (TPSA) is 12.0 Å². The maximum absolute atomic E-state index is 3.16. The smallest absolute Gasteiger partial charge is 0.168 e. The molecule has 1 heterocycles. The molecule has 2 heteroatoms. The molecule has 0 aliphatic carbocycles. The highest BCUT2D eigenvalue weighted by Gasteiger charge is 2.12. The van der Waals surface area contributed by atoms with Gasteiger partial charge in [0.05, 0.1) is 0 Å². The summed E-state index contributed by atoms with van der Waals surface area (Å²) in [5.74, 6) is 0. The van der Waals surface area contributed by atoms with Gasteiger partial charge in [0.2, 0.25) is 0 Å². The third-order valence-electron chi connectivity index (χ3n) is 0.986. The van der Waals surface area contributed by atoms with E-state index < -0.39 is 0 Å². The fraction of sp³-hybridized carbons (Fsp3) is 1.00. The van der Waals surface area contributed by atoms with E-state index in [9.17, 15) is 0 Å². The van der Waals surface area contributed by atoms with Gasteiger partial charge in [0.25, 0.3) is 0 Å². The molecule has 1 rings (SSSR count). The largest absolute Gasteiger partial charge is 0.331 e. The first-order valence-corrected chi connectivity index (χ1v) is 2.10. The monoisotopic (exact) mass is 69.1 g/mol. The molecule has 1 saturated heterocycles. The van der Waals surface area contributed by atoms with E-state index in [1.165, 1.54) is 12.9 Å². The minimum atomic E-state index is 0.954. The summed E-state index contributed by atoms with van der Waals surface area (Å²) in [5.41, 5.74) is 0. The molecular formula is C3H8BN. The van der Waals surface area contributed by atoms with Crippen LogP contribution in [0.1, 0.15) is 0 Å². The van der Waals surface area contributed by atoms with Crippen LogP contribution >= 0.6 is 0 Å². The highest BCUT2D eigenvalue weighted by Crippen LogP contribution is 1.84. The van der Waals surface area contributed by atoms with Crippen LogP contribution in [0.2, 0.25) is 6.82 Å². The fourth-order valence-electron chi connectivity index (χ4n) is 0.433. The molecule has 0 amide bonds. The van der Waals surface area contributed by atoms with Crippen molar-refractivity contribution in [2.45, 2.75) is 6.82 Å². The summed E-state index contributed by atoms with van der Waals surface area (Å²) in [6, 6.07) is 0. The second kappa shape index (κ2) is 1.01. The molecule has 0 unspecified atom stereocenters. The highest BCUT2D eigenvalue weighted by atomic mass is 14.9. The van der Waals surface area contributed by atoms with Crippen LogP contribution in [0, 0.1) is 0 Å². The van der Waals surface area contributed by atoms with E-state index >= 15 is 0 Å². The SMILES string of the molecule is CB1CNC1. The van der Waals surface area contributed by atoms with Crippen molar-refractivity contribution in [1.29, 1.82) is 0 Å². The number of rotatable bonds is 0. The quantitative estimate of drug-likeness (QED) is 0.388. The molecule has 0 radical (unpaired) electrons. The van der Waals surface area contributed by atoms with E-state index in [2.05, 4.69) is 12.1 Å². The predicted octanol–water partition coefficient (Wildman–Crippen LogP) is -0.207. The van der Waals surface area contributed by atoms with Gasteiger partial charge in [0.1, 0.15) is 0 Å².